The lowest BCUT2D eigenvalue weighted by molar-refractivity contribution is -0.118. The third kappa shape index (κ3) is 3.29. The quantitative estimate of drug-likeness (QED) is 0.352. The molecule has 1 aliphatic carbocycles. The number of halogens is 1. The number of hydrogen-bond donors (Lipinski definition) is 1. The highest BCUT2D eigenvalue weighted by Gasteiger charge is 2.41. The minimum Gasteiger partial charge on any atom is -0.459 e. The molecular formula is C29H24FNO2. The van der Waals surface area contributed by atoms with E-state index in [2.05, 4.69) is 43.4 Å². The number of carbonyl (C=O) groups excluding carboxylic acids is 1. The molecule has 2 heterocycles. The van der Waals surface area contributed by atoms with Gasteiger partial charge < -0.3 is 9.73 Å². The number of ketones is 1. The zero-order valence-electron chi connectivity index (χ0n) is 18.6. The Hall–Kier alpha value is -3.66. The Kier molecular flexibility index (Phi) is 4.34. The lowest BCUT2D eigenvalue weighted by atomic mass is 9.68. The molecule has 1 N–H and O–H groups in total. The zero-order chi connectivity index (χ0) is 22.7. The van der Waals surface area contributed by atoms with E-state index in [9.17, 15) is 9.18 Å². The van der Waals surface area contributed by atoms with E-state index in [0.717, 1.165) is 45.2 Å². The van der Waals surface area contributed by atoms with Gasteiger partial charge in [0.25, 0.3) is 0 Å². The fourth-order valence-corrected chi connectivity index (χ4v) is 5.33. The normalized spacial score (nSPS) is 19.2. The maximum atomic E-state index is 13.5. The summed E-state index contributed by atoms with van der Waals surface area (Å²) in [5.74, 6) is 1.22. The average molecular weight is 438 g/mol. The second-order valence-corrected chi connectivity index (χ2v) is 9.83. The van der Waals surface area contributed by atoms with Gasteiger partial charge in [-0.15, -0.1) is 0 Å². The van der Waals surface area contributed by atoms with Crippen molar-refractivity contribution in [3.63, 3.8) is 0 Å². The van der Waals surface area contributed by atoms with Gasteiger partial charge >= 0.3 is 0 Å². The lowest BCUT2D eigenvalue weighted by Gasteiger charge is -2.39. The van der Waals surface area contributed by atoms with E-state index in [-0.39, 0.29) is 23.1 Å². The minimum absolute atomic E-state index is 0.103. The number of rotatable bonds is 2. The number of benzene rings is 3. The molecule has 1 aromatic heterocycles. The first kappa shape index (κ1) is 20.0. The van der Waals surface area contributed by atoms with Gasteiger partial charge in [0.1, 0.15) is 23.4 Å². The van der Waals surface area contributed by atoms with Crippen LogP contribution in [-0.4, -0.2) is 5.78 Å². The molecule has 0 saturated heterocycles. The molecule has 6 rings (SSSR count). The molecule has 0 radical (unpaired) electrons. The zero-order valence-corrected chi connectivity index (χ0v) is 18.6. The van der Waals surface area contributed by atoms with E-state index in [1.165, 1.54) is 12.1 Å². The van der Waals surface area contributed by atoms with Crippen LogP contribution >= 0.6 is 0 Å². The summed E-state index contributed by atoms with van der Waals surface area (Å²) in [6.07, 6.45) is 1.34. The number of anilines is 1. The molecule has 2 aliphatic rings. The number of allylic oxidation sites excluding steroid dienone is 1. The lowest BCUT2D eigenvalue weighted by Crippen LogP contribution is -2.33. The first-order chi connectivity index (χ1) is 15.9. The number of hydrogen-bond acceptors (Lipinski definition) is 3. The molecule has 0 saturated carbocycles. The monoisotopic (exact) mass is 437 g/mol. The average Bonchev–Trinajstić information content (AvgIpc) is 3.28. The molecule has 0 amide bonds. The van der Waals surface area contributed by atoms with Gasteiger partial charge in [0.05, 0.1) is 0 Å². The maximum absolute atomic E-state index is 13.5. The first-order valence-corrected chi connectivity index (χ1v) is 11.3. The Morgan fingerprint density at radius 3 is 2.55 bits per heavy atom. The van der Waals surface area contributed by atoms with Crippen molar-refractivity contribution in [2.45, 2.75) is 32.7 Å². The van der Waals surface area contributed by atoms with Gasteiger partial charge in [-0.05, 0) is 70.6 Å². The molecule has 4 heteroatoms. The summed E-state index contributed by atoms with van der Waals surface area (Å²) in [4.78, 5) is 13.5. The molecule has 33 heavy (non-hydrogen) atoms. The number of furan rings is 1. The smallest absolute Gasteiger partial charge is 0.162 e. The summed E-state index contributed by atoms with van der Waals surface area (Å²) in [5, 5.41) is 5.92. The summed E-state index contributed by atoms with van der Waals surface area (Å²) in [5.41, 5.74) is 4.77. The third-order valence-corrected chi connectivity index (χ3v) is 6.78. The van der Waals surface area contributed by atoms with E-state index in [1.54, 1.807) is 12.1 Å². The van der Waals surface area contributed by atoms with Crippen molar-refractivity contribution in [1.82, 2.24) is 0 Å². The molecule has 0 fully saturated rings. The van der Waals surface area contributed by atoms with Crippen LogP contribution in [0.1, 0.15) is 44.1 Å². The highest BCUT2D eigenvalue weighted by molar-refractivity contribution is 6.12. The number of nitrogens with one attached hydrogen (secondary N) is 1. The van der Waals surface area contributed by atoms with Crippen LogP contribution in [0.25, 0.3) is 27.7 Å². The Labute approximate surface area is 191 Å². The second-order valence-electron chi connectivity index (χ2n) is 9.83. The fourth-order valence-electron chi connectivity index (χ4n) is 5.33. The minimum atomic E-state index is -0.355. The van der Waals surface area contributed by atoms with Crippen LogP contribution in [0.4, 0.5) is 10.1 Å². The summed E-state index contributed by atoms with van der Waals surface area (Å²) in [6.45, 7) is 4.33. The van der Waals surface area contributed by atoms with Crippen LogP contribution in [0.15, 0.2) is 82.8 Å². The predicted octanol–water partition coefficient (Wildman–Crippen LogP) is 7.55. The summed E-state index contributed by atoms with van der Waals surface area (Å²) in [6, 6.07) is 22.2. The highest BCUT2D eigenvalue weighted by Crippen LogP contribution is 2.52. The first-order valence-electron chi connectivity index (χ1n) is 11.3. The van der Waals surface area contributed by atoms with Crippen LogP contribution < -0.4 is 5.32 Å². The number of fused-ring (bicyclic) bond motifs is 4. The molecule has 1 aliphatic heterocycles. The molecule has 0 spiro atoms. The Morgan fingerprint density at radius 1 is 0.939 bits per heavy atom. The van der Waals surface area contributed by atoms with E-state index in [0.29, 0.717) is 17.9 Å². The standard InChI is InChI=1S/C29H24FNO2/c1-29(2)15-21-26-20-6-4-3-5-17(20)9-12-22(26)31-28(27(21)23(32)16-29)25-14-13-24(33-25)18-7-10-19(30)11-8-18/h3-14,28,31H,15-16H2,1-2H3/t28-/m1/s1. The molecule has 0 unspecified atom stereocenters. The van der Waals surface area contributed by atoms with Crippen molar-refractivity contribution in [2.24, 2.45) is 5.41 Å². The topological polar surface area (TPSA) is 42.2 Å². The van der Waals surface area contributed by atoms with E-state index < -0.39 is 0 Å². The largest absolute Gasteiger partial charge is 0.459 e. The fraction of sp³-hybridized carbons (Fsp3) is 0.207. The van der Waals surface area contributed by atoms with Gasteiger partial charge in [0.2, 0.25) is 0 Å². The predicted molar refractivity (Wildman–Crippen MR) is 129 cm³/mol. The van der Waals surface area contributed by atoms with Crippen LogP contribution in [0.2, 0.25) is 0 Å². The summed E-state index contributed by atoms with van der Waals surface area (Å²) >= 11 is 0. The maximum Gasteiger partial charge on any atom is 0.162 e. The van der Waals surface area contributed by atoms with Crippen LogP contribution in [0.3, 0.4) is 0 Å². The van der Waals surface area contributed by atoms with E-state index in [4.69, 9.17) is 4.42 Å². The molecule has 164 valence electrons. The van der Waals surface area contributed by atoms with E-state index >= 15 is 0 Å². The summed E-state index contributed by atoms with van der Waals surface area (Å²) < 4.78 is 19.6. The van der Waals surface area contributed by atoms with Gasteiger partial charge in [-0.2, -0.15) is 0 Å². The van der Waals surface area contributed by atoms with Gasteiger partial charge in [-0.1, -0.05) is 44.2 Å². The van der Waals surface area contributed by atoms with Crippen LogP contribution in [0, 0.1) is 11.2 Å². The number of carbonyl (C=O) groups is 1. The third-order valence-electron chi connectivity index (χ3n) is 6.78. The van der Waals surface area contributed by atoms with Gasteiger partial charge in [-0.25, -0.2) is 4.39 Å². The Morgan fingerprint density at radius 2 is 1.73 bits per heavy atom. The Balaban J connectivity index is 1.53. The number of Topliss-reactive ketones (excluding diaryl/α,β-unsaturated/α-hetero) is 1. The molecule has 3 nitrogen and oxygen atoms in total. The van der Waals surface area contributed by atoms with Crippen molar-refractivity contribution in [3.8, 4) is 11.3 Å². The van der Waals surface area contributed by atoms with Crippen molar-refractivity contribution in [1.29, 1.82) is 0 Å². The second kappa shape index (κ2) is 7.17. The highest BCUT2D eigenvalue weighted by atomic mass is 19.1. The van der Waals surface area contributed by atoms with Gasteiger partial charge in [0.15, 0.2) is 5.78 Å². The molecule has 1 atom stereocenters. The van der Waals surface area contributed by atoms with Crippen molar-refractivity contribution < 1.29 is 13.6 Å². The van der Waals surface area contributed by atoms with Crippen molar-refractivity contribution in [2.75, 3.05) is 5.32 Å². The molecule has 4 aromatic rings. The van der Waals surface area contributed by atoms with Gasteiger partial charge in [-0.3, -0.25) is 4.79 Å². The van der Waals surface area contributed by atoms with Crippen molar-refractivity contribution >= 4 is 27.8 Å². The van der Waals surface area contributed by atoms with Gasteiger partial charge in [0, 0.05) is 28.8 Å². The van der Waals surface area contributed by atoms with E-state index in [1.807, 2.05) is 24.3 Å². The van der Waals surface area contributed by atoms with Crippen molar-refractivity contribution in [3.05, 3.63) is 95.5 Å². The SMILES string of the molecule is CC1(C)CC(=O)C2=C(C1)c1c(ccc3ccccc13)N[C@@H]2c1ccc(-c2ccc(F)cc2)o1. The molecule has 3 aromatic carbocycles. The molecule has 0 bridgehead atoms. The summed E-state index contributed by atoms with van der Waals surface area (Å²) in [7, 11) is 0. The Bertz CT molecular complexity index is 1440. The van der Waals surface area contributed by atoms with Crippen LogP contribution in [-0.2, 0) is 4.79 Å². The van der Waals surface area contributed by atoms with Crippen LogP contribution in [0.5, 0.6) is 0 Å². The molecular weight excluding hydrogens is 413 g/mol.